The summed E-state index contributed by atoms with van der Waals surface area (Å²) in [5, 5.41) is 3.18. The summed E-state index contributed by atoms with van der Waals surface area (Å²) >= 11 is 0. The normalized spacial score (nSPS) is 23.0. The summed E-state index contributed by atoms with van der Waals surface area (Å²) in [5.74, 6) is 1.09. The Hall–Kier alpha value is -2.95. The van der Waals surface area contributed by atoms with Gasteiger partial charge >= 0.3 is 0 Å². The van der Waals surface area contributed by atoms with Crippen LogP contribution in [0.1, 0.15) is 63.8 Å². The van der Waals surface area contributed by atoms with E-state index in [0.29, 0.717) is 6.61 Å². The molecule has 1 saturated carbocycles. The van der Waals surface area contributed by atoms with Crippen LogP contribution in [-0.4, -0.2) is 22.5 Å². The summed E-state index contributed by atoms with van der Waals surface area (Å²) in [6, 6.07) is 15.6. The summed E-state index contributed by atoms with van der Waals surface area (Å²) in [6.45, 7) is 7.25. The Morgan fingerprint density at radius 2 is 1.81 bits per heavy atom. The van der Waals surface area contributed by atoms with Crippen LogP contribution in [0.4, 0.5) is 5.69 Å². The van der Waals surface area contributed by atoms with Crippen molar-refractivity contribution in [1.82, 2.24) is 9.97 Å². The van der Waals surface area contributed by atoms with Crippen molar-refractivity contribution in [2.45, 2.75) is 57.8 Å². The average Bonchev–Trinajstić information content (AvgIpc) is 3.15. The van der Waals surface area contributed by atoms with E-state index in [-0.39, 0.29) is 17.2 Å². The van der Waals surface area contributed by atoms with Crippen LogP contribution in [0.5, 0.6) is 5.75 Å². The molecule has 0 radical (unpaired) electrons. The predicted molar refractivity (Wildman–Crippen MR) is 122 cm³/mol. The van der Waals surface area contributed by atoms with Crippen molar-refractivity contribution in [2.75, 3.05) is 11.9 Å². The minimum Gasteiger partial charge on any atom is -0.494 e. The lowest BCUT2D eigenvalue weighted by Gasteiger charge is -2.36. The van der Waals surface area contributed by atoms with Crippen LogP contribution >= 0.6 is 0 Å². The fourth-order valence-electron chi connectivity index (χ4n) is 5.53. The lowest BCUT2D eigenvalue weighted by atomic mass is 9.67. The predicted octanol–water partition coefficient (Wildman–Crippen LogP) is 5.60. The molecule has 2 aliphatic rings. The topological polar surface area (TPSA) is 64.1 Å². The monoisotopic (exact) mass is 415 g/mol. The minimum atomic E-state index is -0.666. The first kappa shape index (κ1) is 20.0. The molecule has 1 fully saturated rings. The van der Waals surface area contributed by atoms with Crippen LogP contribution in [0.2, 0.25) is 0 Å². The third-order valence-corrected chi connectivity index (χ3v) is 7.38. The van der Waals surface area contributed by atoms with E-state index in [0.717, 1.165) is 59.5 Å². The number of nitrogens with zero attached hydrogens (tertiary/aromatic N) is 2. The van der Waals surface area contributed by atoms with Gasteiger partial charge in [-0.15, -0.1) is 0 Å². The molecule has 0 aliphatic heterocycles. The van der Waals surface area contributed by atoms with Crippen LogP contribution in [0, 0.1) is 5.41 Å². The maximum atomic E-state index is 13.8. The largest absolute Gasteiger partial charge is 0.494 e. The molecule has 5 heteroatoms. The summed E-state index contributed by atoms with van der Waals surface area (Å²) in [6.07, 6.45) is 3.90. The highest BCUT2D eigenvalue weighted by atomic mass is 16.5. The van der Waals surface area contributed by atoms with Crippen molar-refractivity contribution in [2.24, 2.45) is 5.41 Å². The number of benzene rings is 2. The van der Waals surface area contributed by atoms with Gasteiger partial charge in [-0.2, -0.15) is 0 Å². The number of carbonyl (C=O) groups is 1. The van der Waals surface area contributed by atoms with E-state index in [1.807, 2.05) is 48.5 Å². The molecular formula is C26H29N3O2. The molecule has 2 aromatic carbocycles. The Labute approximate surface area is 183 Å². The minimum absolute atomic E-state index is 0.0167. The van der Waals surface area contributed by atoms with Gasteiger partial charge in [0.2, 0.25) is 5.91 Å². The quantitative estimate of drug-likeness (QED) is 0.532. The van der Waals surface area contributed by atoms with E-state index in [4.69, 9.17) is 14.7 Å². The van der Waals surface area contributed by atoms with Gasteiger partial charge in [-0.1, -0.05) is 39.3 Å². The first-order valence-electron chi connectivity index (χ1n) is 11.3. The van der Waals surface area contributed by atoms with Gasteiger partial charge in [0.25, 0.3) is 0 Å². The number of anilines is 1. The van der Waals surface area contributed by atoms with Crippen molar-refractivity contribution >= 4 is 22.6 Å². The standard InChI is InChI=1S/C26H29N3O2/c1-4-5-16-31-18-12-10-17(11-13-18)27-24(30)26-15-14-19(25(26,2)3)22-23(26)29-21-9-7-6-8-20(21)28-22/h6-13,19H,4-5,14-16H2,1-3H3,(H,27,30). The number of aromatic nitrogens is 2. The zero-order chi connectivity index (χ0) is 21.6. The van der Waals surface area contributed by atoms with Gasteiger partial charge < -0.3 is 10.1 Å². The van der Waals surface area contributed by atoms with E-state index >= 15 is 0 Å². The molecule has 1 heterocycles. The molecule has 2 bridgehead atoms. The van der Waals surface area contributed by atoms with E-state index in [9.17, 15) is 4.79 Å². The van der Waals surface area contributed by atoms with Crippen LogP contribution in [0.3, 0.4) is 0 Å². The first-order valence-corrected chi connectivity index (χ1v) is 11.3. The molecule has 1 aromatic heterocycles. The van der Waals surface area contributed by atoms with Crippen molar-refractivity contribution < 1.29 is 9.53 Å². The molecule has 5 rings (SSSR count). The third kappa shape index (κ3) is 2.93. The highest BCUT2D eigenvalue weighted by molar-refractivity contribution is 6.01. The van der Waals surface area contributed by atoms with E-state index in [2.05, 4.69) is 26.1 Å². The number of rotatable bonds is 6. The van der Waals surface area contributed by atoms with E-state index in [1.165, 1.54) is 0 Å². The third-order valence-electron chi connectivity index (χ3n) is 7.38. The van der Waals surface area contributed by atoms with Gasteiger partial charge in [0.1, 0.15) is 5.75 Å². The van der Waals surface area contributed by atoms with Crippen molar-refractivity contribution in [3.05, 3.63) is 59.9 Å². The molecule has 2 unspecified atom stereocenters. The van der Waals surface area contributed by atoms with Gasteiger partial charge in [0.05, 0.1) is 34.4 Å². The molecule has 3 aromatic rings. The van der Waals surface area contributed by atoms with Gasteiger partial charge in [-0.05, 0) is 61.1 Å². The highest BCUT2D eigenvalue weighted by Crippen LogP contribution is 2.67. The number of amides is 1. The summed E-state index contributed by atoms with van der Waals surface area (Å²) in [5.41, 5.74) is 3.50. The summed E-state index contributed by atoms with van der Waals surface area (Å²) in [7, 11) is 0. The Morgan fingerprint density at radius 3 is 2.52 bits per heavy atom. The van der Waals surface area contributed by atoms with Crippen LogP contribution in [0.15, 0.2) is 48.5 Å². The van der Waals surface area contributed by atoms with Crippen LogP contribution in [0.25, 0.3) is 11.0 Å². The molecule has 2 atom stereocenters. The fraction of sp³-hybridized carbons (Fsp3) is 0.423. The smallest absolute Gasteiger partial charge is 0.237 e. The first-order chi connectivity index (χ1) is 15.0. The lowest BCUT2D eigenvalue weighted by molar-refractivity contribution is -0.124. The number of hydrogen-bond acceptors (Lipinski definition) is 4. The maximum Gasteiger partial charge on any atom is 0.237 e. The maximum absolute atomic E-state index is 13.8. The molecule has 1 N–H and O–H groups in total. The van der Waals surface area contributed by atoms with E-state index < -0.39 is 5.41 Å². The summed E-state index contributed by atoms with van der Waals surface area (Å²) < 4.78 is 5.74. The molecule has 0 saturated heterocycles. The molecule has 0 spiro atoms. The number of carbonyl (C=O) groups excluding carboxylic acids is 1. The SMILES string of the molecule is CCCCOc1ccc(NC(=O)C23CCC(c4nc5ccccc5nc42)C3(C)C)cc1. The van der Waals surface area contributed by atoms with Gasteiger partial charge in [-0.25, -0.2) is 9.97 Å². The molecule has 31 heavy (non-hydrogen) atoms. The molecule has 160 valence electrons. The van der Waals surface area contributed by atoms with Gasteiger partial charge in [0.15, 0.2) is 0 Å². The Kier molecular flexibility index (Phi) is 4.72. The van der Waals surface area contributed by atoms with Gasteiger partial charge in [-0.3, -0.25) is 4.79 Å². The second kappa shape index (κ2) is 7.33. The lowest BCUT2D eigenvalue weighted by Crippen LogP contribution is -2.46. The van der Waals surface area contributed by atoms with Crippen LogP contribution in [-0.2, 0) is 10.2 Å². The highest BCUT2D eigenvalue weighted by Gasteiger charge is 2.67. The van der Waals surface area contributed by atoms with Crippen molar-refractivity contribution in [3.8, 4) is 5.75 Å². The Bertz CT molecular complexity index is 1140. The number of para-hydroxylation sites is 2. The molecule has 5 nitrogen and oxygen atoms in total. The molecular weight excluding hydrogens is 386 g/mol. The number of nitrogens with one attached hydrogen (secondary N) is 1. The Morgan fingerprint density at radius 1 is 1.10 bits per heavy atom. The Balaban J connectivity index is 1.46. The fourth-order valence-corrected chi connectivity index (χ4v) is 5.53. The van der Waals surface area contributed by atoms with E-state index in [1.54, 1.807) is 0 Å². The van der Waals surface area contributed by atoms with Crippen molar-refractivity contribution in [3.63, 3.8) is 0 Å². The number of fused-ring (bicyclic) bond motifs is 6. The zero-order valence-electron chi connectivity index (χ0n) is 18.4. The summed E-state index contributed by atoms with van der Waals surface area (Å²) in [4.78, 5) is 23.7. The van der Waals surface area contributed by atoms with Gasteiger partial charge in [0, 0.05) is 11.6 Å². The second-order valence-electron chi connectivity index (χ2n) is 9.34. The molecule has 2 aliphatic carbocycles. The number of hydrogen-bond donors (Lipinski definition) is 1. The number of ether oxygens (including phenoxy) is 1. The number of unbranched alkanes of at least 4 members (excludes halogenated alkanes) is 1. The molecule has 1 amide bonds. The zero-order valence-corrected chi connectivity index (χ0v) is 18.4. The van der Waals surface area contributed by atoms with Crippen molar-refractivity contribution in [1.29, 1.82) is 0 Å². The second-order valence-corrected chi connectivity index (χ2v) is 9.34. The van der Waals surface area contributed by atoms with Crippen LogP contribution < -0.4 is 10.1 Å². The average molecular weight is 416 g/mol.